The van der Waals surface area contributed by atoms with Crippen LogP contribution in [0.4, 0.5) is 5.82 Å². The third-order valence-electron chi connectivity index (χ3n) is 3.42. The Balaban J connectivity index is 2.33. The molecular weight excluding hydrogens is 244 g/mol. The van der Waals surface area contributed by atoms with E-state index >= 15 is 0 Å². The van der Waals surface area contributed by atoms with E-state index < -0.39 is 0 Å². The quantitative estimate of drug-likeness (QED) is 0.743. The molecule has 0 bridgehead atoms. The summed E-state index contributed by atoms with van der Waals surface area (Å²) in [4.78, 5) is 4.67. The second kappa shape index (κ2) is 5.33. The van der Waals surface area contributed by atoms with Crippen LogP contribution in [0.5, 0.6) is 0 Å². The molecule has 20 heavy (non-hydrogen) atoms. The van der Waals surface area contributed by atoms with Crippen LogP contribution in [0.25, 0.3) is 21.9 Å². The number of nitrogens with one attached hydrogen (secondary N) is 1. The fraction of sp³-hybridized carbons (Fsp3) is 0.167. The van der Waals surface area contributed by atoms with Crippen LogP contribution in [0, 0.1) is 6.92 Å². The first-order chi connectivity index (χ1) is 9.79. The lowest BCUT2D eigenvalue weighted by molar-refractivity contribution is 1.14. The van der Waals surface area contributed by atoms with Crippen LogP contribution in [-0.2, 0) is 0 Å². The van der Waals surface area contributed by atoms with Crippen molar-refractivity contribution in [1.82, 2.24) is 4.98 Å². The molecular formula is C18H18N2. The summed E-state index contributed by atoms with van der Waals surface area (Å²) in [6, 6.07) is 19.0. The van der Waals surface area contributed by atoms with Gasteiger partial charge >= 0.3 is 0 Å². The van der Waals surface area contributed by atoms with Crippen LogP contribution in [0.2, 0.25) is 0 Å². The molecule has 3 rings (SSSR count). The van der Waals surface area contributed by atoms with Gasteiger partial charge in [-0.15, -0.1) is 0 Å². The predicted molar refractivity (Wildman–Crippen MR) is 86.1 cm³/mol. The molecule has 0 aliphatic rings. The van der Waals surface area contributed by atoms with Gasteiger partial charge in [0.1, 0.15) is 5.82 Å². The van der Waals surface area contributed by atoms with Crippen LogP contribution in [-0.4, -0.2) is 11.5 Å². The maximum absolute atomic E-state index is 4.67. The maximum Gasteiger partial charge on any atom is 0.134 e. The van der Waals surface area contributed by atoms with Crippen LogP contribution in [0.3, 0.4) is 0 Å². The van der Waals surface area contributed by atoms with Crippen molar-refractivity contribution in [2.75, 3.05) is 11.9 Å². The van der Waals surface area contributed by atoms with Crippen molar-refractivity contribution in [3.63, 3.8) is 0 Å². The second-order valence-corrected chi connectivity index (χ2v) is 4.91. The molecule has 0 radical (unpaired) electrons. The van der Waals surface area contributed by atoms with Crippen molar-refractivity contribution in [3.05, 3.63) is 60.3 Å². The van der Waals surface area contributed by atoms with Gasteiger partial charge in [0.05, 0.1) is 0 Å². The standard InChI is InChI=1S/C18H18N2/c1-3-19-18-17-15(12-13(2)20-18)10-7-11-16(17)14-8-5-4-6-9-14/h4-12H,3H2,1-2H3,(H,19,20). The van der Waals surface area contributed by atoms with Crippen molar-refractivity contribution in [1.29, 1.82) is 0 Å². The zero-order chi connectivity index (χ0) is 13.9. The molecule has 3 aromatic rings. The third kappa shape index (κ3) is 2.25. The Morgan fingerprint density at radius 3 is 2.55 bits per heavy atom. The van der Waals surface area contributed by atoms with E-state index in [1.807, 2.05) is 13.0 Å². The molecule has 0 aliphatic heterocycles. The summed E-state index contributed by atoms with van der Waals surface area (Å²) in [5, 5.41) is 5.82. The van der Waals surface area contributed by atoms with E-state index in [1.165, 1.54) is 21.9 Å². The summed E-state index contributed by atoms with van der Waals surface area (Å²) in [7, 11) is 0. The van der Waals surface area contributed by atoms with Gasteiger partial charge in [-0.2, -0.15) is 0 Å². The van der Waals surface area contributed by atoms with E-state index in [-0.39, 0.29) is 0 Å². The summed E-state index contributed by atoms with van der Waals surface area (Å²) in [6.45, 7) is 5.01. The van der Waals surface area contributed by atoms with E-state index in [1.54, 1.807) is 0 Å². The number of fused-ring (bicyclic) bond motifs is 1. The third-order valence-corrected chi connectivity index (χ3v) is 3.42. The average Bonchev–Trinajstić information content (AvgIpc) is 2.47. The van der Waals surface area contributed by atoms with Gasteiger partial charge in [-0.25, -0.2) is 4.98 Å². The Kier molecular flexibility index (Phi) is 3.38. The first-order valence-electron chi connectivity index (χ1n) is 6.99. The molecule has 0 atom stereocenters. The number of benzene rings is 2. The minimum atomic E-state index is 0.870. The number of aryl methyl sites for hydroxylation is 1. The maximum atomic E-state index is 4.67. The second-order valence-electron chi connectivity index (χ2n) is 4.91. The van der Waals surface area contributed by atoms with E-state index in [2.05, 4.69) is 65.8 Å². The summed E-state index contributed by atoms with van der Waals surface area (Å²) < 4.78 is 0. The van der Waals surface area contributed by atoms with Gasteiger partial charge in [0.25, 0.3) is 0 Å². The number of anilines is 1. The van der Waals surface area contributed by atoms with Crippen LogP contribution in [0.1, 0.15) is 12.6 Å². The van der Waals surface area contributed by atoms with Crippen LogP contribution < -0.4 is 5.32 Å². The Labute approximate surface area is 119 Å². The number of hydrogen-bond acceptors (Lipinski definition) is 2. The molecule has 1 heterocycles. The van der Waals surface area contributed by atoms with Crippen LogP contribution >= 0.6 is 0 Å². The first-order valence-corrected chi connectivity index (χ1v) is 6.99. The van der Waals surface area contributed by atoms with Crippen molar-refractivity contribution in [3.8, 4) is 11.1 Å². The van der Waals surface area contributed by atoms with Gasteiger partial charge in [0.2, 0.25) is 0 Å². The average molecular weight is 262 g/mol. The molecule has 0 spiro atoms. The van der Waals surface area contributed by atoms with E-state index in [9.17, 15) is 0 Å². The molecule has 100 valence electrons. The highest BCUT2D eigenvalue weighted by molar-refractivity contribution is 6.03. The first kappa shape index (κ1) is 12.7. The predicted octanol–water partition coefficient (Wildman–Crippen LogP) is 4.64. The molecule has 1 N–H and O–H groups in total. The molecule has 0 saturated carbocycles. The Bertz CT molecular complexity index is 733. The summed E-state index contributed by atoms with van der Waals surface area (Å²) in [6.07, 6.45) is 0. The van der Waals surface area contributed by atoms with E-state index in [0.717, 1.165) is 18.1 Å². The summed E-state index contributed by atoms with van der Waals surface area (Å²) >= 11 is 0. The van der Waals surface area contributed by atoms with E-state index in [4.69, 9.17) is 0 Å². The number of pyridine rings is 1. The van der Waals surface area contributed by atoms with Crippen molar-refractivity contribution in [2.24, 2.45) is 0 Å². The SMILES string of the molecule is CCNc1nc(C)cc2cccc(-c3ccccc3)c12. The lowest BCUT2D eigenvalue weighted by atomic mass is 9.98. The van der Waals surface area contributed by atoms with Crippen molar-refractivity contribution < 1.29 is 0 Å². The molecule has 2 nitrogen and oxygen atoms in total. The Morgan fingerprint density at radius 1 is 1.00 bits per heavy atom. The smallest absolute Gasteiger partial charge is 0.134 e. The normalized spacial score (nSPS) is 10.7. The molecule has 0 aliphatic carbocycles. The highest BCUT2D eigenvalue weighted by Gasteiger charge is 2.09. The van der Waals surface area contributed by atoms with Crippen LogP contribution in [0.15, 0.2) is 54.6 Å². The molecule has 2 heteroatoms. The molecule has 0 unspecified atom stereocenters. The summed E-state index contributed by atoms with van der Waals surface area (Å²) in [5.74, 6) is 0.974. The fourth-order valence-corrected chi connectivity index (χ4v) is 2.60. The highest BCUT2D eigenvalue weighted by Crippen LogP contribution is 2.33. The minimum Gasteiger partial charge on any atom is -0.370 e. The number of rotatable bonds is 3. The lowest BCUT2D eigenvalue weighted by Crippen LogP contribution is -2.02. The minimum absolute atomic E-state index is 0.870. The van der Waals surface area contributed by atoms with Crippen molar-refractivity contribution in [2.45, 2.75) is 13.8 Å². The Hall–Kier alpha value is -2.35. The van der Waals surface area contributed by atoms with Gasteiger partial charge in [-0.3, -0.25) is 0 Å². The molecule has 0 saturated heterocycles. The zero-order valence-corrected chi connectivity index (χ0v) is 11.9. The Morgan fingerprint density at radius 2 is 1.80 bits per heavy atom. The highest BCUT2D eigenvalue weighted by atomic mass is 15.0. The largest absolute Gasteiger partial charge is 0.370 e. The van der Waals surface area contributed by atoms with Gasteiger partial charge in [0.15, 0.2) is 0 Å². The molecule has 2 aromatic carbocycles. The molecule has 1 aromatic heterocycles. The van der Waals surface area contributed by atoms with Gasteiger partial charge in [0, 0.05) is 17.6 Å². The molecule has 0 fully saturated rings. The van der Waals surface area contributed by atoms with Gasteiger partial charge < -0.3 is 5.32 Å². The molecule has 0 amide bonds. The van der Waals surface area contributed by atoms with Gasteiger partial charge in [-0.05, 0) is 36.4 Å². The van der Waals surface area contributed by atoms with Crippen molar-refractivity contribution >= 4 is 16.6 Å². The monoisotopic (exact) mass is 262 g/mol. The summed E-state index contributed by atoms with van der Waals surface area (Å²) in [5.41, 5.74) is 3.49. The van der Waals surface area contributed by atoms with Gasteiger partial charge in [-0.1, -0.05) is 48.5 Å². The van der Waals surface area contributed by atoms with E-state index in [0.29, 0.717) is 0 Å². The topological polar surface area (TPSA) is 24.9 Å². The number of nitrogens with zero attached hydrogens (tertiary/aromatic N) is 1. The lowest BCUT2D eigenvalue weighted by Gasteiger charge is -2.13. The zero-order valence-electron chi connectivity index (χ0n) is 11.9. The number of hydrogen-bond donors (Lipinski definition) is 1. The fourth-order valence-electron chi connectivity index (χ4n) is 2.60. The number of aromatic nitrogens is 1.